The molecule has 21 heavy (non-hydrogen) atoms. The number of rotatable bonds is 5. The van der Waals surface area contributed by atoms with E-state index in [1.54, 1.807) is 19.1 Å². The van der Waals surface area contributed by atoms with E-state index in [0.717, 1.165) is 18.0 Å². The summed E-state index contributed by atoms with van der Waals surface area (Å²) >= 11 is 1.02. The van der Waals surface area contributed by atoms with Gasteiger partial charge < -0.3 is 10.4 Å². The Morgan fingerprint density at radius 1 is 1.38 bits per heavy atom. The number of carboxylic acids is 1. The summed E-state index contributed by atoms with van der Waals surface area (Å²) in [6.07, 6.45) is 1.52. The second kappa shape index (κ2) is 6.45. The van der Waals surface area contributed by atoms with Crippen LogP contribution in [0.1, 0.15) is 44.6 Å². The quantitative estimate of drug-likeness (QED) is 0.886. The number of carboxylic acid groups (broad SMARTS) is 1. The summed E-state index contributed by atoms with van der Waals surface area (Å²) in [7, 11) is 0. The number of para-hydroxylation sites is 1. The molecule has 0 saturated carbocycles. The third kappa shape index (κ3) is 3.25. The van der Waals surface area contributed by atoms with Gasteiger partial charge in [-0.3, -0.25) is 4.79 Å². The molecular formula is C14H15N3O3S. The minimum Gasteiger partial charge on any atom is -0.478 e. The molecule has 0 unspecified atom stereocenters. The molecule has 0 aliphatic rings. The van der Waals surface area contributed by atoms with Crippen molar-refractivity contribution in [2.45, 2.75) is 26.7 Å². The summed E-state index contributed by atoms with van der Waals surface area (Å²) < 4.78 is 3.80. The molecule has 0 spiro atoms. The highest BCUT2D eigenvalue weighted by Crippen LogP contribution is 2.23. The monoisotopic (exact) mass is 305 g/mol. The van der Waals surface area contributed by atoms with Gasteiger partial charge in [-0.2, -0.15) is 0 Å². The van der Waals surface area contributed by atoms with E-state index in [0.29, 0.717) is 28.2 Å². The average Bonchev–Trinajstić information content (AvgIpc) is 2.89. The molecule has 110 valence electrons. The van der Waals surface area contributed by atoms with Crippen LogP contribution in [-0.2, 0) is 6.42 Å². The average molecular weight is 305 g/mol. The molecule has 6 nitrogen and oxygen atoms in total. The Balaban J connectivity index is 2.32. The first-order valence-corrected chi connectivity index (χ1v) is 7.27. The molecule has 1 heterocycles. The third-order valence-corrected chi connectivity index (χ3v) is 3.76. The first-order valence-electron chi connectivity index (χ1n) is 6.50. The molecule has 0 radical (unpaired) electrons. The largest absolute Gasteiger partial charge is 0.478 e. The first kappa shape index (κ1) is 15.1. The smallest absolute Gasteiger partial charge is 0.337 e. The molecule has 1 amide bonds. The van der Waals surface area contributed by atoms with E-state index in [1.165, 1.54) is 6.07 Å². The van der Waals surface area contributed by atoms with Gasteiger partial charge in [0.05, 0.1) is 16.9 Å². The van der Waals surface area contributed by atoms with E-state index in [9.17, 15) is 14.7 Å². The lowest BCUT2D eigenvalue weighted by Crippen LogP contribution is -2.16. The zero-order valence-corrected chi connectivity index (χ0v) is 12.5. The number of carbonyl (C=O) groups is 2. The van der Waals surface area contributed by atoms with Crippen LogP contribution in [0.5, 0.6) is 0 Å². The van der Waals surface area contributed by atoms with Crippen molar-refractivity contribution < 1.29 is 14.7 Å². The molecule has 0 bridgehead atoms. The number of carbonyl (C=O) groups excluding carboxylic acids is 1. The van der Waals surface area contributed by atoms with Crippen molar-refractivity contribution in [1.29, 1.82) is 0 Å². The number of aryl methyl sites for hydroxylation is 2. The van der Waals surface area contributed by atoms with E-state index in [-0.39, 0.29) is 11.5 Å². The molecule has 2 aromatic rings. The molecule has 2 rings (SSSR count). The molecule has 2 N–H and O–H groups in total. The lowest BCUT2D eigenvalue weighted by Gasteiger charge is -2.11. The van der Waals surface area contributed by atoms with Crippen LogP contribution >= 0.6 is 11.5 Å². The van der Waals surface area contributed by atoms with Crippen LogP contribution < -0.4 is 5.32 Å². The van der Waals surface area contributed by atoms with Crippen LogP contribution in [0.25, 0.3) is 0 Å². The van der Waals surface area contributed by atoms with Crippen molar-refractivity contribution in [2.24, 2.45) is 0 Å². The fourth-order valence-electron chi connectivity index (χ4n) is 1.96. The lowest BCUT2D eigenvalue weighted by molar-refractivity contribution is 0.0698. The predicted octanol–water partition coefficient (Wildman–Crippen LogP) is 2.75. The SMILES string of the molecule is CCCc1nnsc1C(=O)Nc1c(C)cccc1C(=O)O. The van der Waals surface area contributed by atoms with Crippen molar-refractivity contribution in [3.8, 4) is 0 Å². The predicted molar refractivity (Wildman–Crippen MR) is 80.0 cm³/mol. The molecule has 0 saturated heterocycles. The molecule has 7 heteroatoms. The molecule has 0 aliphatic carbocycles. The summed E-state index contributed by atoms with van der Waals surface area (Å²) in [4.78, 5) is 24.0. The number of anilines is 1. The van der Waals surface area contributed by atoms with Gasteiger partial charge in [-0.05, 0) is 36.5 Å². The van der Waals surface area contributed by atoms with Crippen LogP contribution in [0, 0.1) is 6.92 Å². The van der Waals surface area contributed by atoms with Crippen LogP contribution in [0.3, 0.4) is 0 Å². The molecule has 0 atom stereocenters. The minimum absolute atomic E-state index is 0.0675. The zero-order chi connectivity index (χ0) is 15.4. The second-order valence-corrected chi connectivity index (χ2v) is 5.31. The van der Waals surface area contributed by atoms with Crippen molar-refractivity contribution in [1.82, 2.24) is 9.59 Å². The normalized spacial score (nSPS) is 10.4. The van der Waals surface area contributed by atoms with Gasteiger partial charge in [0.2, 0.25) is 0 Å². The van der Waals surface area contributed by atoms with Gasteiger partial charge in [0.25, 0.3) is 5.91 Å². The van der Waals surface area contributed by atoms with Gasteiger partial charge in [-0.25, -0.2) is 4.79 Å². The maximum absolute atomic E-state index is 12.3. The van der Waals surface area contributed by atoms with Crippen molar-refractivity contribution in [3.05, 3.63) is 39.9 Å². The third-order valence-electron chi connectivity index (χ3n) is 2.99. The van der Waals surface area contributed by atoms with Gasteiger partial charge in [-0.1, -0.05) is 30.0 Å². The summed E-state index contributed by atoms with van der Waals surface area (Å²) in [5.41, 5.74) is 1.71. The molecule has 0 aliphatic heterocycles. The van der Waals surface area contributed by atoms with Crippen LogP contribution in [0.15, 0.2) is 18.2 Å². The first-order chi connectivity index (χ1) is 10.0. The highest BCUT2D eigenvalue weighted by atomic mass is 32.1. The Morgan fingerprint density at radius 3 is 2.81 bits per heavy atom. The van der Waals surface area contributed by atoms with Gasteiger partial charge in [0, 0.05) is 0 Å². The Hall–Kier alpha value is -2.28. The highest BCUT2D eigenvalue weighted by molar-refractivity contribution is 7.08. The van der Waals surface area contributed by atoms with Crippen LogP contribution in [-0.4, -0.2) is 26.6 Å². The van der Waals surface area contributed by atoms with E-state index in [2.05, 4.69) is 14.9 Å². The van der Waals surface area contributed by atoms with E-state index in [1.807, 2.05) is 6.92 Å². The van der Waals surface area contributed by atoms with E-state index in [4.69, 9.17) is 0 Å². The number of nitrogens with zero attached hydrogens (tertiary/aromatic N) is 2. The Labute approximate surface area is 126 Å². The number of aromatic carboxylic acids is 1. The summed E-state index contributed by atoms with van der Waals surface area (Å²) in [5, 5.41) is 15.8. The number of aromatic nitrogens is 2. The van der Waals surface area contributed by atoms with Gasteiger partial charge in [0.15, 0.2) is 0 Å². The minimum atomic E-state index is -1.08. The maximum Gasteiger partial charge on any atom is 0.337 e. The summed E-state index contributed by atoms with van der Waals surface area (Å²) in [6, 6.07) is 4.86. The van der Waals surface area contributed by atoms with Crippen LogP contribution in [0.4, 0.5) is 5.69 Å². The fraction of sp³-hybridized carbons (Fsp3) is 0.286. The van der Waals surface area contributed by atoms with Gasteiger partial charge >= 0.3 is 5.97 Å². The highest BCUT2D eigenvalue weighted by Gasteiger charge is 2.19. The number of hydrogen-bond acceptors (Lipinski definition) is 5. The summed E-state index contributed by atoms with van der Waals surface area (Å²) in [5.74, 6) is -1.45. The fourth-order valence-corrected chi connectivity index (χ4v) is 2.57. The van der Waals surface area contributed by atoms with E-state index >= 15 is 0 Å². The van der Waals surface area contributed by atoms with Gasteiger partial charge in [0.1, 0.15) is 4.88 Å². The van der Waals surface area contributed by atoms with Crippen LogP contribution in [0.2, 0.25) is 0 Å². The van der Waals surface area contributed by atoms with Crippen molar-refractivity contribution in [2.75, 3.05) is 5.32 Å². The standard InChI is InChI=1S/C14H15N3O3S/c1-3-5-10-12(21-17-16-10)13(18)15-11-8(2)6-4-7-9(11)14(19)20/h4,6-7H,3,5H2,1-2H3,(H,15,18)(H,19,20). The molecule has 0 fully saturated rings. The Bertz CT molecular complexity index is 682. The maximum atomic E-state index is 12.3. The summed E-state index contributed by atoms with van der Waals surface area (Å²) in [6.45, 7) is 3.74. The lowest BCUT2D eigenvalue weighted by atomic mass is 10.1. The topological polar surface area (TPSA) is 92.2 Å². The van der Waals surface area contributed by atoms with Crippen molar-refractivity contribution >= 4 is 29.1 Å². The second-order valence-electron chi connectivity index (χ2n) is 4.56. The molecule has 1 aromatic heterocycles. The number of nitrogens with one attached hydrogen (secondary N) is 1. The van der Waals surface area contributed by atoms with Crippen molar-refractivity contribution in [3.63, 3.8) is 0 Å². The molecular weight excluding hydrogens is 290 g/mol. The number of hydrogen-bond donors (Lipinski definition) is 2. The number of amides is 1. The zero-order valence-electron chi connectivity index (χ0n) is 11.7. The van der Waals surface area contributed by atoms with E-state index < -0.39 is 5.97 Å². The Morgan fingerprint density at radius 2 is 2.14 bits per heavy atom. The number of benzene rings is 1. The Kier molecular flexibility index (Phi) is 4.64. The van der Waals surface area contributed by atoms with Gasteiger partial charge in [-0.15, -0.1) is 5.10 Å². The molecule has 1 aromatic carbocycles.